The van der Waals surface area contributed by atoms with E-state index in [2.05, 4.69) is 20.6 Å². The van der Waals surface area contributed by atoms with Crippen LogP contribution >= 0.6 is 0 Å². The third kappa shape index (κ3) is 6.86. The molecule has 0 spiro atoms. The van der Waals surface area contributed by atoms with Gasteiger partial charge in [-0.15, -0.1) is 0 Å². The summed E-state index contributed by atoms with van der Waals surface area (Å²) in [6.07, 6.45) is 1.72. The lowest BCUT2D eigenvalue weighted by atomic mass is 10.0. The number of ether oxygens (including phenoxy) is 1. The highest BCUT2D eigenvalue weighted by Crippen LogP contribution is 2.22. The molecule has 2 heterocycles. The first-order valence-corrected chi connectivity index (χ1v) is 10.4. The van der Waals surface area contributed by atoms with E-state index in [4.69, 9.17) is 9.15 Å². The third-order valence-electron chi connectivity index (χ3n) is 4.66. The quantitative estimate of drug-likeness (QED) is 0.361. The zero-order valence-corrected chi connectivity index (χ0v) is 18.3. The molecular formula is C24H30N4O3. The molecule has 164 valence electrons. The van der Waals surface area contributed by atoms with Crippen LogP contribution in [0.4, 0.5) is 0 Å². The molecule has 1 atom stereocenters. The summed E-state index contributed by atoms with van der Waals surface area (Å²) in [6, 6.07) is 17.4. The Morgan fingerprint density at radius 1 is 1.13 bits per heavy atom. The van der Waals surface area contributed by atoms with Crippen molar-refractivity contribution in [3.05, 3.63) is 83.4 Å². The highest BCUT2D eigenvalue weighted by atomic mass is 16.5. The first-order chi connectivity index (χ1) is 15.0. The highest BCUT2D eigenvalue weighted by Gasteiger charge is 2.27. The van der Waals surface area contributed by atoms with Crippen LogP contribution in [0.5, 0.6) is 5.88 Å². The molecule has 0 aliphatic rings. The average molecular weight is 423 g/mol. The van der Waals surface area contributed by atoms with Crippen molar-refractivity contribution in [1.82, 2.24) is 15.6 Å². The van der Waals surface area contributed by atoms with Crippen molar-refractivity contribution in [2.24, 2.45) is 4.99 Å². The smallest absolute Gasteiger partial charge is 0.213 e. The average Bonchev–Trinajstić information content (AvgIpc) is 3.23. The number of aliphatic hydroxyl groups is 1. The van der Waals surface area contributed by atoms with Gasteiger partial charge in [0, 0.05) is 18.8 Å². The maximum atomic E-state index is 10.7. The summed E-state index contributed by atoms with van der Waals surface area (Å²) in [5, 5.41) is 17.1. The maximum Gasteiger partial charge on any atom is 0.213 e. The second-order valence-corrected chi connectivity index (χ2v) is 7.51. The van der Waals surface area contributed by atoms with Gasteiger partial charge in [0.2, 0.25) is 5.88 Å². The van der Waals surface area contributed by atoms with Crippen molar-refractivity contribution in [2.75, 3.05) is 13.1 Å². The van der Waals surface area contributed by atoms with E-state index in [0.717, 1.165) is 16.9 Å². The molecule has 0 saturated heterocycles. The standard InChI is InChI=1S/C24H30N4O3/c1-4-25-23(28-17-24(3,29)21-11-10-18(2)31-21)27-15-20-12-13-26-22(14-20)30-16-19-8-6-5-7-9-19/h5-14,29H,4,15-17H2,1-3H3,(H2,25,27,28). The minimum atomic E-state index is -1.15. The molecule has 7 nitrogen and oxygen atoms in total. The molecule has 0 fully saturated rings. The minimum Gasteiger partial charge on any atom is -0.473 e. The third-order valence-corrected chi connectivity index (χ3v) is 4.66. The predicted molar refractivity (Wildman–Crippen MR) is 121 cm³/mol. The summed E-state index contributed by atoms with van der Waals surface area (Å²) in [4.78, 5) is 8.89. The summed E-state index contributed by atoms with van der Waals surface area (Å²) in [7, 11) is 0. The van der Waals surface area contributed by atoms with Crippen LogP contribution in [0.15, 0.2) is 70.2 Å². The molecule has 3 N–H and O–H groups in total. The number of pyridine rings is 1. The SMILES string of the molecule is CCNC(=NCc1ccnc(OCc2ccccc2)c1)NCC(C)(O)c1ccc(C)o1. The summed E-state index contributed by atoms with van der Waals surface area (Å²) < 4.78 is 11.4. The number of benzene rings is 1. The van der Waals surface area contributed by atoms with Gasteiger partial charge in [0.15, 0.2) is 5.96 Å². The molecule has 1 unspecified atom stereocenters. The molecule has 0 radical (unpaired) electrons. The van der Waals surface area contributed by atoms with Crippen LogP contribution in [-0.2, 0) is 18.8 Å². The largest absolute Gasteiger partial charge is 0.473 e. The van der Waals surface area contributed by atoms with Gasteiger partial charge in [-0.1, -0.05) is 30.3 Å². The van der Waals surface area contributed by atoms with Gasteiger partial charge in [-0.3, -0.25) is 0 Å². The van der Waals surface area contributed by atoms with E-state index in [0.29, 0.717) is 37.3 Å². The Morgan fingerprint density at radius 2 is 1.94 bits per heavy atom. The number of hydrogen-bond acceptors (Lipinski definition) is 5. The predicted octanol–water partition coefficient (Wildman–Crippen LogP) is 3.52. The van der Waals surface area contributed by atoms with Gasteiger partial charge in [0.25, 0.3) is 0 Å². The second kappa shape index (κ2) is 10.6. The van der Waals surface area contributed by atoms with Crippen molar-refractivity contribution in [1.29, 1.82) is 0 Å². The molecule has 7 heteroatoms. The van der Waals surface area contributed by atoms with Crippen LogP contribution in [0.25, 0.3) is 0 Å². The van der Waals surface area contributed by atoms with Crippen molar-refractivity contribution in [3.8, 4) is 5.88 Å². The minimum absolute atomic E-state index is 0.258. The number of aliphatic imine (C=N–C) groups is 1. The lowest BCUT2D eigenvalue weighted by Gasteiger charge is -2.22. The fourth-order valence-corrected chi connectivity index (χ4v) is 2.94. The Hall–Kier alpha value is -3.32. The van der Waals surface area contributed by atoms with Gasteiger partial charge in [-0.2, -0.15) is 0 Å². The lowest BCUT2D eigenvalue weighted by Crippen LogP contribution is -2.44. The molecule has 3 aromatic rings. The van der Waals surface area contributed by atoms with Crippen LogP contribution < -0.4 is 15.4 Å². The lowest BCUT2D eigenvalue weighted by molar-refractivity contribution is 0.0378. The monoisotopic (exact) mass is 422 g/mol. The molecule has 0 saturated carbocycles. The Kier molecular flexibility index (Phi) is 7.67. The van der Waals surface area contributed by atoms with E-state index in [9.17, 15) is 5.11 Å². The molecule has 0 bridgehead atoms. The van der Waals surface area contributed by atoms with Crippen molar-refractivity contribution < 1.29 is 14.3 Å². The number of aromatic nitrogens is 1. The van der Waals surface area contributed by atoms with Gasteiger partial charge in [0.1, 0.15) is 23.7 Å². The van der Waals surface area contributed by atoms with Gasteiger partial charge >= 0.3 is 0 Å². The highest BCUT2D eigenvalue weighted by molar-refractivity contribution is 5.79. The first-order valence-electron chi connectivity index (χ1n) is 10.4. The Labute approximate surface area is 183 Å². The van der Waals surface area contributed by atoms with E-state index in [1.54, 1.807) is 19.2 Å². The van der Waals surface area contributed by atoms with Crippen LogP contribution in [0.3, 0.4) is 0 Å². The van der Waals surface area contributed by atoms with Crippen molar-refractivity contribution >= 4 is 5.96 Å². The molecule has 31 heavy (non-hydrogen) atoms. The number of rotatable bonds is 9. The van der Waals surface area contributed by atoms with Crippen LogP contribution in [-0.4, -0.2) is 29.1 Å². The fraction of sp³-hybridized carbons (Fsp3) is 0.333. The summed E-state index contributed by atoms with van der Waals surface area (Å²) in [6.45, 7) is 7.43. The van der Waals surface area contributed by atoms with Crippen LogP contribution in [0.1, 0.15) is 36.5 Å². The van der Waals surface area contributed by atoms with Crippen LogP contribution in [0.2, 0.25) is 0 Å². The normalized spacial score (nSPS) is 13.5. The van der Waals surface area contributed by atoms with E-state index in [1.807, 2.05) is 62.4 Å². The summed E-state index contributed by atoms with van der Waals surface area (Å²) in [5.74, 6) is 2.45. The zero-order chi connectivity index (χ0) is 22.1. The molecule has 3 rings (SSSR count). The molecule has 0 aliphatic heterocycles. The number of nitrogens with zero attached hydrogens (tertiary/aromatic N) is 2. The first kappa shape index (κ1) is 22.4. The van der Waals surface area contributed by atoms with Gasteiger partial charge in [0.05, 0.1) is 13.1 Å². The van der Waals surface area contributed by atoms with Gasteiger partial charge in [-0.05, 0) is 50.1 Å². The molecule has 1 aromatic carbocycles. The molecule has 0 aliphatic carbocycles. The summed E-state index contributed by atoms with van der Waals surface area (Å²) >= 11 is 0. The van der Waals surface area contributed by atoms with Crippen molar-refractivity contribution in [2.45, 2.75) is 39.5 Å². The maximum absolute atomic E-state index is 10.7. The van der Waals surface area contributed by atoms with Gasteiger partial charge < -0.3 is 24.9 Å². The van der Waals surface area contributed by atoms with Gasteiger partial charge in [-0.25, -0.2) is 9.98 Å². The fourth-order valence-electron chi connectivity index (χ4n) is 2.94. The van der Waals surface area contributed by atoms with E-state index in [1.165, 1.54) is 0 Å². The molecular weight excluding hydrogens is 392 g/mol. The topological polar surface area (TPSA) is 91.9 Å². The van der Waals surface area contributed by atoms with Crippen LogP contribution in [0, 0.1) is 6.92 Å². The molecule has 0 amide bonds. The Bertz CT molecular complexity index is 983. The zero-order valence-electron chi connectivity index (χ0n) is 18.3. The number of hydrogen-bond donors (Lipinski definition) is 3. The number of guanidine groups is 1. The summed E-state index contributed by atoms with van der Waals surface area (Å²) in [5.41, 5.74) is 0.911. The van der Waals surface area contributed by atoms with Crippen molar-refractivity contribution in [3.63, 3.8) is 0 Å². The Balaban J connectivity index is 1.59. The van der Waals surface area contributed by atoms with E-state index in [-0.39, 0.29) is 6.54 Å². The number of nitrogens with one attached hydrogen (secondary N) is 2. The Morgan fingerprint density at radius 3 is 2.65 bits per heavy atom. The number of aryl methyl sites for hydroxylation is 1. The van der Waals surface area contributed by atoms with E-state index < -0.39 is 5.60 Å². The second-order valence-electron chi connectivity index (χ2n) is 7.51. The van der Waals surface area contributed by atoms with E-state index >= 15 is 0 Å². The number of furan rings is 1. The molecule has 2 aromatic heterocycles.